The Morgan fingerprint density at radius 2 is 1.03 bits per heavy atom. The van der Waals surface area contributed by atoms with Crippen molar-refractivity contribution in [2.24, 2.45) is 5.73 Å². The number of carbonyl (C=O) groups is 5. The van der Waals surface area contributed by atoms with Gasteiger partial charge in [-0.05, 0) is 26.2 Å². The molecule has 0 aliphatic heterocycles. The Hall–Kier alpha value is -3.29. The van der Waals surface area contributed by atoms with Gasteiger partial charge in [-0.15, -0.1) is 0 Å². The highest BCUT2D eigenvalue weighted by Crippen LogP contribution is 2.01. The summed E-state index contributed by atoms with van der Waals surface area (Å²) >= 11 is 0. The van der Waals surface area contributed by atoms with Gasteiger partial charge in [0.05, 0.1) is 6.04 Å². The van der Waals surface area contributed by atoms with Crippen molar-refractivity contribution >= 4 is 30.3 Å². The number of carbonyl (C=O) groups excluding carboxylic acids is 5. The molecule has 14 heteroatoms. The number of amides is 8. The first-order valence-corrected chi connectivity index (χ1v) is 13.0. The van der Waals surface area contributed by atoms with Crippen LogP contribution in [0.15, 0.2) is 0 Å². The number of nitrogens with two attached hydrogens (primary N) is 1. The highest BCUT2D eigenvalue weighted by molar-refractivity contribution is 6.01. The standard InChI is InChI=1S/C23H45N7O7/c1-3-5-6-7-10-13-26-19(31)29-21(33)30-20(32)27-14-11-8-9-12-15-28-23(35)37-17-18(24)16-36-22(34)25-4-2/h18H,3-17,24H2,1-2H3,(H,25,34)(H,28,35)(H4,26,27,29,30,31,32,33). The highest BCUT2D eigenvalue weighted by Gasteiger charge is 2.11. The van der Waals surface area contributed by atoms with E-state index in [1.165, 1.54) is 0 Å². The number of alkyl carbamates (subject to hydrolysis) is 2. The minimum Gasteiger partial charge on any atom is -0.448 e. The fourth-order valence-corrected chi connectivity index (χ4v) is 2.91. The molecule has 8 N–H and O–H groups in total. The molecule has 37 heavy (non-hydrogen) atoms. The quantitative estimate of drug-likeness (QED) is 0.130. The van der Waals surface area contributed by atoms with Gasteiger partial charge in [-0.3, -0.25) is 10.6 Å². The third-order valence-electron chi connectivity index (χ3n) is 4.86. The molecule has 8 amide bonds. The van der Waals surface area contributed by atoms with Crippen molar-refractivity contribution in [1.29, 1.82) is 0 Å². The molecule has 0 aliphatic rings. The average molecular weight is 532 g/mol. The summed E-state index contributed by atoms with van der Waals surface area (Å²) in [6.45, 7) is 5.42. The van der Waals surface area contributed by atoms with Crippen LogP contribution in [-0.2, 0) is 9.47 Å². The lowest BCUT2D eigenvalue weighted by Gasteiger charge is -2.13. The molecular formula is C23H45N7O7. The number of hydrogen-bond donors (Lipinski definition) is 7. The van der Waals surface area contributed by atoms with Gasteiger partial charge in [0.15, 0.2) is 0 Å². The van der Waals surface area contributed by atoms with Gasteiger partial charge in [-0.25, -0.2) is 24.0 Å². The number of nitrogens with one attached hydrogen (secondary N) is 6. The maximum atomic E-state index is 11.7. The monoisotopic (exact) mass is 531 g/mol. The predicted molar refractivity (Wildman–Crippen MR) is 138 cm³/mol. The summed E-state index contributed by atoms with van der Waals surface area (Å²) in [6, 6.07) is -2.85. The van der Waals surface area contributed by atoms with Crippen molar-refractivity contribution in [3.63, 3.8) is 0 Å². The van der Waals surface area contributed by atoms with E-state index in [1.54, 1.807) is 6.92 Å². The Morgan fingerprint density at radius 1 is 0.595 bits per heavy atom. The van der Waals surface area contributed by atoms with E-state index in [0.29, 0.717) is 39.0 Å². The zero-order valence-corrected chi connectivity index (χ0v) is 22.1. The fourth-order valence-electron chi connectivity index (χ4n) is 2.91. The van der Waals surface area contributed by atoms with Crippen LogP contribution < -0.4 is 37.6 Å². The predicted octanol–water partition coefficient (Wildman–Crippen LogP) is 2.04. The van der Waals surface area contributed by atoms with E-state index < -0.39 is 36.3 Å². The van der Waals surface area contributed by atoms with Gasteiger partial charge >= 0.3 is 30.3 Å². The second kappa shape index (κ2) is 23.1. The molecule has 0 aromatic rings. The van der Waals surface area contributed by atoms with Crippen LogP contribution in [0.5, 0.6) is 0 Å². The molecule has 14 nitrogen and oxygen atoms in total. The van der Waals surface area contributed by atoms with Crippen LogP contribution in [0.2, 0.25) is 0 Å². The Labute approximate surface area is 218 Å². The van der Waals surface area contributed by atoms with Gasteiger partial charge in [-0.2, -0.15) is 0 Å². The van der Waals surface area contributed by atoms with Gasteiger partial charge in [0.25, 0.3) is 0 Å². The summed E-state index contributed by atoms with van der Waals surface area (Å²) in [7, 11) is 0. The first-order valence-electron chi connectivity index (χ1n) is 13.0. The maximum Gasteiger partial charge on any atom is 0.407 e. The summed E-state index contributed by atoms with van der Waals surface area (Å²) < 4.78 is 9.80. The molecule has 0 saturated carbocycles. The van der Waals surface area contributed by atoms with Crippen LogP contribution in [0.25, 0.3) is 0 Å². The molecule has 0 heterocycles. The first kappa shape index (κ1) is 33.7. The van der Waals surface area contributed by atoms with E-state index in [2.05, 4.69) is 28.2 Å². The van der Waals surface area contributed by atoms with Crippen molar-refractivity contribution in [1.82, 2.24) is 31.9 Å². The van der Waals surface area contributed by atoms with Gasteiger partial charge < -0.3 is 36.5 Å². The van der Waals surface area contributed by atoms with Gasteiger partial charge in [0, 0.05) is 26.2 Å². The molecule has 0 aromatic heterocycles. The SMILES string of the molecule is CCCCCCCNC(=O)NC(=O)NC(=O)NCCCCCCNC(=O)OCC(N)COC(=O)NCC. The van der Waals surface area contributed by atoms with Crippen molar-refractivity contribution in [2.75, 3.05) is 39.4 Å². The number of imide groups is 2. The Balaban J connectivity index is 3.62. The van der Waals surface area contributed by atoms with Gasteiger partial charge in [0.2, 0.25) is 0 Å². The summed E-state index contributed by atoms with van der Waals surface area (Å²) in [6.07, 6.45) is 7.08. The lowest BCUT2D eigenvalue weighted by atomic mass is 10.1. The van der Waals surface area contributed by atoms with Crippen LogP contribution in [-0.4, -0.2) is 75.7 Å². The lowest BCUT2D eigenvalue weighted by molar-refractivity contribution is 0.108. The van der Waals surface area contributed by atoms with Crippen LogP contribution in [0.4, 0.5) is 24.0 Å². The summed E-state index contributed by atoms with van der Waals surface area (Å²) in [5.74, 6) is 0. The van der Waals surface area contributed by atoms with E-state index in [-0.39, 0.29) is 13.2 Å². The van der Waals surface area contributed by atoms with Crippen LogP contribution in [0, 0.1) is 0 Å². The van der Waals surface area contributed by atoms with Crippen LogP contribution in [0.3, 0.4) is 0 Å². The van der Waals surface area contributed by atoms with Gasteiger partial charge in [0.1, 0.15) is 13.2 Å². The normalized spacial score (nSPS) is 11.0. The van der Waals surface area contributed by atoms with Crippen LogP contribution >= 0.6 is 0 Å². The molecule has 214 valence electrons. The van der Waals surface area contributed by atoms with Gasteiger partial charge in [-0.1, -0.05) is 45.4 Å². The molecule has 0 fully saturated rings. The second-order valence-electron chi connectivity index (χ2n) is 8.33. The van der Waals surface area contributed by atoms with E-state index in [9.17, 15) is 24.0 Å². The number of hydrogen-bond acceptors (Lipinski definition) is 8. The number of urea groups is 3. The Morgan fingerprint density at radius 3 is 1.49 bits per heavy atom. The molecular weight excluding hydrogens is 486 g/mol. The molecule has 0 aromatic carbocycles. The minimum absolute atomic E-state index is 0.0650. The smallest absolute Gasteiger partial charge is 0.407 e. The minimum atomic E-state index is -0.894. The summed E-state index contributed by atoms with van der Waals surface area (Å²) in [4.78, 5) is 57.8. The number of rotatable bonds is 18. The molecule has 1 atom stereocenters. The topological polar surface area (TPSA) is 202 Å². The van der Waals surface area contributed by atoms with Crippen LogP contribution in [0.1, 0.15) is 71.6 Å². The maximum absolute atomic E-state index is 11.7. The highest BCUT2D eigenvalue weighted by atomic mass is 16.6. The van der Waals surface area contributed by atoms with Crippen molar-refractivity contribution in [3.05, 3.63) is 0 Å². The second-order valence-corrected chi connectivity index (χ2v) is 8.33. The molecule has 0 bridgehead atoms. The molecule has 0 aliphatic carbocycles. The summed E-state index contributed by atoms with van der Waals surface area (Å²) in [5.41, 5.74) is 5.71. The van der Waals surface area contributed by atoms with E-state index in [1.807, 2.05) is 10.6 Å². The fraction of sp³-hybridized carbons (Fsp3) is 0.783. The van der Waals surface area contributed by atoms with E-state index >= 15 is 0 Å². The van der Waals surface area contributed by atoms with Crippen molar-refractivity contribution in [3.8, 4) is 0 Å². The molecule has 0 spiro atoms. The van der Waals surface area contributed by atoms with E-state index in [0.717, 1.165) is 44.9 Å². The molecule has 0 saturated heterocycles. The Kier molecular flexibility index (Phi) is 21.1. The summed E-state index contributed by atoms with van der Waals surface area (Å²) in [5, 5.41) is 14.2. The number of unbranched alkanes of at least 4 members (excludes halogenated alkanes) is 7. The third-order valence-corrected chi connectivity index (χ3v) is 4.86. The zero-order valence-electron chi connectivity index (χ0n) is 22.1. The van der Waals surface area contributed by atoms with Crippen molar-refractivity contribution < 1.29 is 33.4 Å². The third kappa shape index (κ3) is 22.9. The molecule has 0 rings (SSSR count). The molecule has 0 radical (unpaired) electrons. The number of ether oxygens (including phenoxy) is 2. The molecule has 1 unspecified atom stereocenters. The largest absolute Gasteiger partial charge is 0.448 e. The van der Waals surface area contributed by atoms with Crippen molar-refractivity contribution in [2.45, 2.75) is 77.7 Å². The Bertz CT molecular complexity index is 680. The first-order chi connectivity index (χ1) is 17.8. The zero-order chi connectivity index (χ0) is 27.7. The lowest BCUT2D eigenvalue weighted by Crippen LogP contribution is -2.49. The van der Waals surface area contributed by atoms with E-state index in [4.69, 9.17) is 15.2 Å². The average Bonchev–Trinajstić information content (AvgIpc) is 2.85.